The highest BCUT2D eigenvalue weighted by Crippen LogP contribution is 2.24. The zero-order chi connectivity index (χ0) is 11.8. The van der Waals surface area contributed by atoms with Gasteiger partial charge >= 0.3 is 0 Å². The Morgan fingerprint density at radius 1 is 1.31 bits per heavy atom. The van der Waals surface area contributed by atoms with Gasteiger partial charge in [-0.2, -0.15) is 0 Å². The van der Waals surface area contributed by atoms with Crippen LogP contribution in [0.15, 0.2) is 18.3 Å². The van der Waals surface area contributed by atoms with Gasteiger partial charge in [-0.25, -0.2) is 4.98 Å². The molecule has 16 heavy (non-hydrogen) atoms. The highest BCUT2D eigenvalue weighted by Gasteiger charge is 2.24. The van der Waals surface area contributed by atoms with Crippen LogP contribution in [0.4, 0.5) is 5.82 Å². The van der Waals surface area contributed by atoms with E-state index in [9.17, 15) is 0 Å². The number of anilines is 1. The van der Waals surface area contributed by atoms with Crippen LogP contribution in [-0.4, -0.2) is 31.3 Å². The van der Waals surface area contributed by atoms with E-state index in [1.165, 1.54) is 5.56 Å². The van der Waals surface area contributed by atoms with Gasteiger partial charge in [-0.3, -0.25) is 0 Å². The van der Waals surface area contributed by atoms with Crippen molar-refractivity contribution in [2.45, 2.75) is 32.2 Å². The zero-order valence-electron chi connectivity index (χ0n) is 10.5. The molecule has 1 aromatic rings. The fraction of sp³-hybridized carbons (Fsp3) is 0.615. The Hall–Kier alpha value is -1.09. The monoisotopic (exact) mass is 220 g/mol. The Kier molecular flexibility index (Phi) is 2.89. The van der Waals surface area contributed by atoms with E-state index in [1.54, 1.807) is 0 Å². The van der Waals surface area contributed by atoms with Gasteiger partial charge in [-0.1, -0.05) is 26.8 Å². The summed E-state index contributed by atoms with van der Waals surface area (Å²) in [6, 6.07) is 4.75. The lowest BCUT2D eigenvalue weighted by Gasteiger charge is -2.35. The molecule has 0 aromatic carbocycles. The summed E-state index contributed by atoms with van der Waals surface area (Å²) >= 11 is 0. The zero-order valence-corrected chi connectivity index (χ0v) is 10.5. The fourth-order valence-electron chi connectivity index (χ4n) is 1.67. The third kappa shape index (κ3) is 2.19. The predicted molar refractivity (Wildman–Crippen MR) is 65.9 cm³/mol. The number of pyridine rings is 1. The van der Waals surface area contributed by atoms with E-state index >= 15 is 0 Å². The molecule has 0 radical (unpaired) electrons. The highest BCUT2D eigenvalue weighted by atomic mass is 16.5. The lowest BCUT2D eigenvalue weighted by molar-refractivity contribution is 0.00988. The molecule has 0 aliphatic carbocycles. The second kappa shape index (κ2) is 4.06. The van der Waals surface area contributed by atoms with Crippen molar-refractivity contribution < 1.29 is 4.74 Å². The number of ether oxygens (including phenoxy) is 1. The molecule has 0 saturated carbocycles. The van der Waals surface area contributed by atoms with Gasteiger partial charge in [0, 0.05) is 13.2 Å². The quantitative estimate of drug-likeness (QED) is 0.764. The van der Waals surface area contributed by atoms with E-state index in [1.807, 2.05) is 6.20 Å². The molecule has 1 aromatic heterocycles. The van der Waals surface area contributed by atoms with Crippen molar-refractivity contribution in [2.24, 2.45) is 0 Å². The summed E-state index contributed by atoms with van der Waals surface area (Å²) in [7, 11) is 2.08. The lowest BCUT2D eigenvalue weighted by Crippen LogP contribution is -2.47. The maximum atomic E-state index is 5.19. The molecule has 0 spiro atoms. The summed E-state index contributed by atoms with van der Waals surface area (Å²) in [4.78, 5) is 6.71. The van der Waals surface area contributed by atoms with Crippen LogP contribution in [0.5, 0.6) is 0 Å². The Balaban J connectivity index is 2.12. The second-order valence-corrected chi connectivity index (χ2v) is 5.46. The van der Waals surface area contributed by atoms with Crippen molar-refractivity contribution in [3.63, 3.8) is 0 Å². The van der Waals surface area contributed by atoms with Crippen molar-refractivity contribution in [1.82, 2.24) is 4.98 Å². The number of nitrogens with zero attached hydrogens (tertiary/aromatic N) is 2. The maximum absolute atomic E-state index is 5.19. The van der Waals surface area contributed by atoms with E-state index in [0.717, 1.165) is 19.0 Å². The van der Waals surface area contributed by atoms with Gasteiger partial charge in [0.15, 0.2) is 0 Å². The lowest BCUT2D eigenvalue weighted by atomic mass is 9.88. The number of hydrogen-bond acceptors (Lipinski definition) is 3. The Bertz CT molecular complexity index is 349. The van der Waals surface area contributed by atoms with Crippen LogP contribution >= 0.6 is 0 Å². The first kappa shape index (κ1) is 11.4. The van der Waals surface area contributed by atoms with Crippen molar-refractivity contribution in [3.05, 3.63) is 23.9 Å². The maximum Gasteiger partial charge on any atom is 0.128 e. The number of likely N-dealkylation sites (N-methyl/N-ethyl adjacent to an activating group) is 1. The first-order chi connectivity index (χ1) is 7.48. The average molecular weight is 220 g/mol. The SMILES string of the molecule is CN(c1ccc(C(C)(C)C)cn1)C1COC1. The summed E-state index contributed by atoms with van der Waals surface area (Å²) in [5.41, 5.74) is 1.44. The van der Waals surface area contributed by atoms with E-state index < -0.39 is 0 Å². The average Bonchev–Trinajstić information content (AvgIpc) is 2.14. The molecule has 1 saturated heterocycles. The topological polar surface area (TPSA) is 25.4 Å². The first-order valence-corrected chi connectivity index (χ1v) is 5.75. The Labute approximate surface area is 97.4 Å². The van der Waals surface area contributed by atoms with Gasteiger partial charge in [0.05, 0.1) is 19.3 Å². The minimum Gasteiger partial charge on any atom is -0.377 e. The normalized spacial score (nSPS) is 17.0. The molecule has 88 valence electrons. The van der Waals surface area contributed by atoms with Crippen LogP contribution in [0.1, 0.15) is 26.3 Å². The van der Waals surface area contributed by atoms with Crippen LogP contribution in [0.25, 0.3) is 0 Å². The van der Waals surface area contributed by atoms with E-state index in [2.05, 4.69) is 49.8 Å². The minimum absolute atomic E-state index is 0.170. The molecular formula is C13H20N2O. The van der Waals surface area contributed by atoms with E-state index in [-0.39, 0.29) is 5.41 Å². The van der Waals surface area contributed by atoms with Crippen LogP contribution < -0.4 is 4.90 Å². The van der Waals surface area contributed by atoms with Crippen LogP contribution in [0.2, 0.25) is 0 Å². The molecule has 0 amide bonds. The van der Waals surface area contributed by atoms with E-state index in [4.69, 9.17) is 4.74 Å². The van der Waals surface area contributed by atoms with Gasteiger partial charge in [-0.05, 0) is 17.0 Å². The molecule has 0 bridgehead atoms. The molecule has 1 aliphatic heterocycles. The number of aromatic nitrogens is 1. The molecule has 2 rings (SSSR count). The van der Waals surface area contributed by atoms with Crippen molar-refractivity contribution in [3.8, 4) is 0 Å². The summed E-state index contributed by atoms with van der Waals surface area (Å²) in [5.74, 6) is 1.03. The third-order valence-electron chi connectivity index (χ3n) is 3.14. The highest BCUT2D eigenvalue weighted by molar-refractivity contribution is 5.41. The van der Waals surface area contributed by atoms with Crippen molar-refractivity contribution in [1.29, 1.82) is 0 Å². The molecule has 3 nitrogen and oxygen atoms in total. The van der Waals surface area contributed by atoms with Gasteiger partial charge in [0.25, 0.3) is 0 Å². The minimum atomic E-state index is 0.170. The molecule has 0 unspecified atom stereocenters. The van der Waals surface area contributed by atoms with Gasteiger partial charge in [0.2, 0.25) is 0 Å². The molecular weight excluding hydrogens is 200 g/mol. The third-order valence-corrected chi connectivity index (χ3v) is 3.14. The molecule has 3 heteroatoms. The van der Waals surface area contributed by atoms with Gasteiger partial charge in [0.1, 0.15) is 5.82 Å². The molecule has 1 fully saturated rings. The van der Waals surface area contributed by atoms with Crippen molar-refractivity contribution >= 4 is 5.82 Å². The standard InChI is InChI=1S/C13H20N2O/c1-13(2,3)10-5-6-12(14-7-10)15(4)11-8-16-9-11/h5-7,11H,8-9H2,1-4H3. The molecule has 1 aliphatic rings. The number of hydrogen-bond donors (Lipinski definition) is 0. The summed E-state index contributed by atoms with van der Waals surface area (Å²) in [6.07, 6.45) is 1.98. The van der Waals surface area contributed by atoms with Gasteiger partial charge < -0.3 is 9.64 Å². The number of rotatable bonds is 2. The fourth-order valence-corrected chi connectivity index (χ4v) is 1.67. The summed E-state index contributed by atoms with van der Waals surface area (Å²) in [6.45, 7) is 8.24. The molecule has 2 heterocycles. The Morgan fingerprint density at radius 3 is 2.38 bits per heavy atom. The largest absolute Gasteiger partial charge is 0.377 e. The van der Waals surface area contributed by atoms with E-state index in [0.29, 0.717) is 6.04 Å². The van der Waals surface area contributed by atoms with Crippen molar-refractivity contribution in [2.75, 3.05) is 25.2 Å². The van der Waals surface area contributed by atoms with Crippen LogP contribution in [0.3, 0.4) is 0 Å². The predicted octanol–water partition coefficient (Wildman–Crippen LogP) is 2.21. The Morgan fingerprint density at radius 2 is 2.00 bits per heavy atom. The van der Waals surface area contributed by atoms with Crippen LogP contribution in [0, 0.1) is 0 Å². The molecule has 0 atom stereocenters. The molecule has 0 N–H and O–H groups in total. The smallest absolute Gasteiger partial charge is 0.128 e. The van der Waals surface area contributed by atoms with Crippen LogP contribution in [-0.2, 0) is 10.2 Å². The summed E-state index contributed by atoms with van der Waals surface area (Å²) < 4.78 is 5.19. The van der Waals surface area contributed by atoms with Gasteiger partial charge in [-0.15, -0.1) is 0 Å². The summed E-state index contributed by atoms with van der Waals surface area (Å²) in [5, 5.41) is 0. The first-order valence-electron chi connectivity index (χ1n) is 5.75. The second-order valence-electron chi connectivity index (χ2n) is 5.46.